The van der Waals surface area contributed by atoms with Crippen molar-refractivity contribution in [2.75, 3.05) is 0 Å². The average molecular weight is 188 g/mol. The molecule has 1 rings (SSSR count). The van der Waals surface area contributed by atoms with Gasteiger partial charge in [0.15, 0.2) is 0 Å². The van der Waals surface area contributed by atoms with Crippen LogP contribution in [0.5, 0.6) is 0 Å². The van der Waals surface area contributed by atoms with Crippen LogP contribution in [-0.2, 0) is 0 Å². The van der Waals surface area contributed by atoms with Crippen molar-refractivity contribution in [1.82, 2.24) is 0 Å². The summed E-state index contributed by atoms with van der Waals surface area (Å²) >= 11 is 5.63. The molecule has 0 amide bonds. The molecule has 0 saturated carbocycles. The van der Waals surface area contributed by atoms with E-state index in [2.05, 4.69) is 0 Å². The van der Waals surface area contributed by atoms with E-state index in [1.165, 1.54) is 0 Å². The molecule has 0 heterocycles. The number of aryl methyl sites for hydroxylation is 1. The third-order valence-electron chi connectivity index (χ3n) is 1.76. The summed E-state index contributed by atoms with van der Waals surface area (Å²) in [7, 11) is 0. The van der Waals surface area contributed by atoms with Gasteiger partial charge in [-0.2, -0.15) is 0 Å². The normalized spacial score (nSPS) is 13.1. The van der Waals surface area contributed by atoms with Gasteiger partial charge in [-0.15, -0.1) is 0 Å². The summed E-state index contributed by atoms with van der Waals surface area (Å²) in [5.41, 5.74) is 7.02. The van der Waals surface area contributed by atoms with Crippen molar-refractivity contribution in [3.8, 4) is 0 Å². The van der Waals surface area contributed by atoms with Gasteiger partial charge >= 0.3 is 0 Å². The van der Waals surface area contributed by atoms with Gasteiger partial charge in [0.1, 0.15) is 5.82 Å². The smallest absolute Gasteiger partial charge is 0.144 e. The Kier molecular flexibility index (Phi) is 2.70. The Labute approximate surface area is 76.3 Å². The van der Waals surface area contributed by atoms with Gasteiger partial charge in [-0.05, 0) is 31.0 Å². The Morgan fingerprint density at radius 1 is 1.50 bits per heavy atom. The first-order valence-corrected chi connectivity index (χ1v) is 4.11. The van der Waals surface area contributed by atoms with E-state index in [4.69, 9.17) is 17.3 Å². The summed E-state index contributed by atoms with van der Waals surface area (Å²) in [6.07, 6.45) is 0. The van der Waals surface area contributed by atoms with Gasteiger partial charge in [-0.1, -0.05) is 17.7 Å². The van der Waals surface area contributed by atoms with E-state index in [1.807, 2.05) is 6.92 Å². The van der Waals surface area contributed by atoms with E-state index in [9.17, 15) is 4.39 Å². The number of hydrogen-bond donors (Lipinski definition) is 1. The maximum Gasteiger partial charge on any atom is 0.144 e. The molecule has 0 aliphatic heterocycles. The zero-order chi connectivity index (χ0) is 9.30. The molecule has 66 valence electrons. The molecule has 0 radical (unpaired) electrons. The van der Waals surface area contributed by atoms with Crippen molar-refractivity contribution in [1.29, 1.82) is 0 Å². The fraction of sp³-hybridized carbons (Fsp3) is 0.333. The summed E-state index contributed by atoms with van der Waals surface area (Å²) in [6.45, 7) is 3.51. The Morgan fingerprint density at radius 3 is 2.50 bits per heavy atom. The van der Waals surface area contributed by atoms with Crippen LogP contribution in [0.2, 0.25) is 5.02 Å². The topological polar surface area (TPSA) is 26.0 Å². The molecule has 12 heavy (non-hydrogen) atoms. The van der Waals surface area contributed by atoms with Gasteiger partial charge < -0.3 is 5.73 Å². The average Bonchev–Trinajstić information content (AvgIpc) is 1.99. The molecule has 2 N–H and O–H groups in total. The second kappa shape index (κ2) is 3.42. The quantitative estimate of drug-likeness (QED) is 0.719. The lowest BCUT2D eigenvalue weighted by Crippen LogP contribution is -2.05. The van der Waals surface area contributed by atoms with Crippen molar-refractivity contribution < 1.29 is 4.39 Å². The van der Waals surface area contributed by atoms with E-state index in [-0.39, 0.29) is 16.9 Å². The van der Waals surface area contributed by atoms with Crippen LogP contribution in [0.15, 0.2) is 12.1 Å². The zero-order valence-electron chi connectivity index (χ0n) is 7.07. The van der Waals surface area contributed by atoms with Crippen LogP contribution in [0.4, 0.5) is 4.39 Å². The highest BCUT2D eigenvalue weighted by Crippen LogP contribution is 2.22. The summed E-state index contributed by atoms with van der Waals surface area (Å²) < 4.78 is 13.0. The SMILES string of the molecule is Cc1cc(C(C)N)cc(Cl)c1F. The lowest BCUT2D eigenvalue weighted by Gasteiger charge is -2.08. The summed E-state index contributed by atoms with van der Waals surface area (Å²) in [6, 6.07) is 3.17. The molecule has 1 unspecified atom stereocenters. The zero-order valence-corrected chi connectivity index (χ0v) is 7.82. The number of halogens is 2. The number of nitrogens with two attached hydrogens (primary N) is 1. The van der Waals surface area contributed by atoms with Crippen LogP contribution >= 0.6 is 11.6 Å². The lowest BCUT2D eigenvalue weighted by atomic mass is 10.1. The summed E-state index contributed by atoms with van der Waals surface area (Å²) in [5, 5.41) is 0.141. The fourth-order valence-corrected chi connectivity index (χ4v) is 1.29. The van der Waals surface area contributed by atoms with E-state index in [0.717, 1.165) is 5.56 Å². The second-order valence-corrected chi connectivity index (χ2v) is 3.33. The number of rotatable bonds is 1. The van der Waals surface area contributed by atoms with E-state index in [0.29, 0.717) is 5.56 Å². The third kappa shape index (κ3) is 1.76. The Balaban J connectivity index is 3.21. The van der Waals surface area contributed by atoms with Crippen LogP contribution in [0, 0.1) is 12.7 Å². The molecule has 0 spiro atoms. The highest BCUT2D eigenvalue weighted by molar-refractivity contribution is 6.30. The molecular weight excluding hydrogens is 177 g/mol. The highest BCUT2D eigenvalue weighted by atomic mass is 35.5. The molecule has 1 aromatic carbocycles. The molecule has 0 bridgehead atoms. The maximum atomic E-state index is 13.0. The molecule has 1 aromatic rings. The Bertz CT molecular complexity index is 274. The summed E-state index contributed by atoms with van der Waals surface area (Å²) in [5.74, 6) is -0.360. The molecule has 0 aliphatic rings. The molecule has 3 heteroatoms. The Hall–Kier alpha value is -0.600. The minimum absolute atomic E-state index is 0.109. The van der Waals surface area contributed by atoms with Crippen molar-refractivity contribution >= 4 is 11.6 Å². The van der Waals surface area contributed by atoms with Crippen LogP contribution in [0.3, 0.4) is 0 Å². The molecule has 0 aromatic heterocycles. The van der Waals surface area contributed by atoms with Crippen molar-refractivity contribution in [3.63, 3.8) is 0 Å². The van der Waals surface area contributed by atoms with E-state index >= 15 is 0 Å². The van der Waals surface area contributed by atoms with Crippen LogP contribution in [0.25, 0.3) is 0 Å². The van der Waals surface area contributed by atoms with Gasteiger partial charge in [-0.25, -0.2) is 4.39 Å². The minimum Gasteiger partial charge on any atom is -0.324 e. The molecule has 0 saturated heterocycles. The standard InChI is InChI=1S/C9H11ClFN/c1-5-3-7(6(2)12)4-8(10)9(5)11/h3-4,6H,12H2,1-2H3. The number of hydrogen-bond acceptors (Lipinski definition) is 1. The van der Waals surface area contributed by atoms with Gasteiger partial charge in [0, 0.05) is 6.04 Å². The van der Waals surface area contributed by atoms with Crippen LogP contribution < -0.4 is 5.73 Å². The van der Waals surface area contributed by atoms with E-state index < -0.39 is 0 Å². The monoisotopic (exact) mass is 187 g/mol. The first kappa shape index (κ1) is 9.49. The van der Waals surface area contributed by atoms with Crippen LogP contribution in [0.1, 0.15) is 24.1 Å². The van der Waals surface area contributed by atoms with Gasteiger partial charge in [0.05, 0.1) is 5.02 Å². The number of benzene rings is 1. The van der Waals surface area contributed by atoms with Crippen molar-refractivity contribution in [3.05, 3.63) is 34.1 Å². The molecular formula is C9H11ClFN. The second-order valence-electron chi connectivity index (χ2n) is 2.92. The lowest BCUT2D eigenvalue weighted by molar-refractivity contribution is 0.617. The van der Waals surface area contributed by atoms with Gasteiger partial charge in [0.25, 0.3) is 0 Å². The maximum absolute atomic E-state index is 13.0. The van der Waals surface area contributed by atoms with Gasteiger partial charge in [-0.3, -0.25) is 0 Å². The van der Waals surface area contributed by atoms with Gasteiger partial charge in [0.2, 0.25) is 0 Å². The first-order chi connectivity index (χ1) is 5.52. The third-order valence-corrected chi connectivity index (χ3v) is 2.03. The largest absolute Gasteiger partial charge is 0.324 e. The predicted octanol–water partition coefficient (Wildman–Crippen LogP) is 2.81. The Morgan fingerprint density at radius 2 is 2.08 bits per heavy atom. The predicted molar refractivity (Wildman–Crippen MR) is 48.7 cm³/mol. The molecule has 1 nitrogen and oxygen atoms in total. The first-order valence-electron chi connectivity index (χ1n) is 3.73. The highest BCUT2D eigenvalue weighted by Gasteiger charge is 2.07. The van der Waals surface area contributed by atoms with Crippen molar-refractivity contribution in [2.24, 2.45) is 5.73 Å². The molecule has 0 aliphatic carbocycles. The molecule has 0 fully saturated rings. The molecule has 1 atom stereocenters. The van der Waals surface area contributed by atoms with Crippen LogP contribution in [-0.4, -0.2) is 0 Å². The van der Waals surface area contributed by atoms with Crippen molar-refractivity contribution in [2.45, 2.75) is 19.9 Å². The minimum atomic E-state index is -0.360. The van der Waals surface area contributed by atoms with E-state index in [1.54, 1.807) is 19.1 Å². The fourth-order valence-electron chi connectivity index (χ4n) is 1.02. The summed E-state index contributed by atoms with van der Waals surface area (Å²) in [4.78, 5) is 0.